The van der Waals surface area contributed by atoms with Crippen molar-refractivity contribution in [3.63, 3.8) is 0 Å². The summed E-state index contributed by atoms with van der Waals surface area (Å²) in [5, 5.41) is 14.0. The molecule has 2 N–H and O–H groups in total. The first kappa shape index (κ1) is 17.7. The van der Waals surface area contributed by atoms with Crippen molar-refractivity contribution in [3.05, 3.63) is 47.8 Å². The summed E-state index contributed by atoms with van der Waals surface area (Å²) in [6, 6.07) is 8.43. The van der Waals surface area contributed by atoms with Gasteiger partial charge in [0, 0.05) is 18.9 Å². The average molecular weight is 354 g/mol. The zero-order valence-electron chi connectivity index (χ0n) is 15.1. The largest absolute Gasteiger partial charge is 0.447 e. The van der Waals surface area contributed by atoms with Crippen LogP contribution in [0, 0.1) is 6.92 Å². The number of anilines is 2. The molecule has 3 rings (SSSR count). The Balaban J connectivity index is 1.67. The number of ether oxygens (including phenoxy) is 1. The lowest BCUT2D eigenvalue weighted by Crippen LogP contribution is -2.19. The Bertz CT molecular complexity index is 888. The molecule has 8 heteroatoms. The van der Waals surface area contributed by atoms with Crippen molar-refractivity contribution in [2.24, 2.45) is 0 Å². The first-order valence-electron chi connectivity index (χ1n) is 8.49. The van der Waals surface area contributed by atoms with Gasteiger partial charge >= 0.3 is 6.09 Å². The summed E-state index contributed by atoms with van der Waals surface area (Å²) in [6.07, 6.45) is 3.40. The van der Waals surface area contributed by atoms with E-state index in [4.69, 9.17) is 4.74 Å². The van der Waals surface area contributed by atoms with Crippen molar-refractivity contribution < 1.29 is 9.53 Å². The number of benzene rings is 1. The minimum absolute atomic E-state index is 0.213. The van der Waals surface area contributed by atoms with E-state index in [-0.39, 0.29) is 12.1 Å². The van der Waals surface area contributed by atoms with Crippen molar-refractivity contribution >= 4 is 23.5 Å². The fraction of sp³-hybridized carbons (Fsp3) is 0.333. The van der Waals surface area contributed by atoms with Gasteiger partial charge in [-0.25, -0.2) is 9.78 Å². The highest BCUT2D eigenvalue weighted by atomic mass is 16.6. The number of rotatable bonds is 6. The number of hydrogen-bond acceptors (Lipinski definition) is 6. The third kappa shape index (κ3) is 4.27. The van der Waals surface area contributed by atoms with Crippen LogP contribution in [0.4, 0.5) is 16.6 Å². The molecule has 3 aromatic rings. The molecule has 0 saturated carbocycles. The van der Waals surface area contributed by atoms with Crippen molar-refractivity contribution in [2.45, 2.75) is 33.3 Å². The summed E-state index contributed by atoms with van der Waals surface area (Å²) in [4.78, 5) is 16.1. The van der Waals surface area contributed by atoms with Crippen LogP contribution >= 0.6 is 0 Å². The number of hydrogen-bond donors (Lipinski definition) is 2. The fourth-order valence-electron chi connectivity index (χ4n) is 2.45. The second kappa shape index (κ2) is 7.81. The van der Waals surface area contributed by atoms with Crippen molar-refractivity contribution in [1.82, 2.24) is 19.6 Å². The highest BCUT2D eigenvalue weighted by Gasteiger charge is 2.14. The van der Waals surface area contributed by atoms with Gasteiger partial charge in [-0.3, -0.25) is 9.72 Å². The molecule has 2 aromatic heterocycles. The normalized spacial score (nSPS) is 10.9. The predicted molar refractivity (Wildman–Crippen MR) is 99.4 cm³/mol. The standard InChI is InChI=1S/C18H22N6O2/c1-12(2)26-18(25)21-17-23-22-16-15(20-10-11-24(16)17)19-9-8-14-6-4-13(3)5-7-14/h4-7,10-12H,8-9H2,1-3H3,(H,19,20)(H,21,23,25). The molecule has 0 bridgehead atoms. The Kier molecular flexibility index (Phi) is 5.31. The summed E-state index contributed by atoms with van der Waals surface area (Å²) in [7, 11) is 0. The van der Waals surface area contributed by atoms with Crippen LogP contribution in [0.5, 0.6) is 0 Å². The van der Waals surface area contributed by atoms with Gasteiger partial charge in [0.15, 0.2) is 5.82 Å². The van der Waals surface area contributed by atoms with E-state index < -0.39 is 6.09 Å². The fourth-order valence-corrected chi connectivity index (χ4v) is 2.45. The molecule has 0 aliphatic carbocycles. The van der Waals surface area contributed by atoms with Crippen LogP contribution in [0.15, 0.2) is 36.7 Å². The molecule has 0 saturated heterocycles. The molecule has 0 radical (unpaired) electrons. The van der Waals surface area contributed by atoms with Gasteiger partial charge in [0.1, 0.15) is 0 Å². The molecule has 8 nitrogen and oxygen atoms in total. The van der Waals surface area contributed by atoms with E-state index >= 15 is 0 Å². The zero-order chi connectivity index (χ0) is 18.5. The molecule has 0 aliphatic rings. The zero-order valence-corrected chi connectivity index (χ0v) is 15.1. The van der Waals surface area contributed by atoms with Gasteiger partial charge in [-0.05, 0) is 32.8 Å². The van der Waals surface area contributed by atoms with Crippen LogP contribution in [0.2, 0.25) is 0 Å². The van der Waals surface area contributed by atoms with Gasteiger partial charge in [0.05, 0.1) is 6.10 Å². The Morgan fingerprint density at radius 2 is 2.00 bits per heavy atom. The van der Waals surface area contributed by atoms with Gasteiger partial charge in [0.2, 0.25) is 11.6 Å². The molecule has 0 spiro atoms. The number of aryl methyl sites for hydroxylation is 1. The van der Waals surface area contributed by atoms with E-state index in [9.17, 15) is 4.79 Å². The van der Waals surface area contributed by atoms with Crippen molar-refractivity contribution in [1.29, 1.82) is 0 Å². The summed E-state index contributed by atoms with van der Waals surface area (Å²) in [6.45, 7) is 6.34. The second-order valence-corrected chi connectivity index (χ2v) is 6.23. The first-order chi connectivity index (χ1) is 12.5. The van der Waals surface area contributed by atoms with Crippen LogP contribution in [0.3, 0.4) is 0 Å². The number of nitrogens with one attached hydrogen (secondary N) is 2. The molecule has 0 fully saturated rings. The van der Waals surface area contributed by atoms with Crippen LogP contribution in [-0.4, -0.2) is 38.3 Å². The van der Waals surface area contributed by atoms with E-state index in [2.05, 4.69) is 57.0 Å². The number of carbonyl (C=O) groups excluding carboxylic acids is 1. The van der Waals surface area contributed by atoms with E-state index in [0.29, 0.717) is 18.0 Å². The highest BCUT2D eigenvalue weighted by Crippen LogP contribution is 2.15. The lowest BCUT2D eigenvalue weighted by Gasteiger charge is -2.09. The average Bonchev–Trinajstić information content (AvgIpc) is 3.00. The van der Waals surface area contributed by atoms with Gasteiger partial charge in [-0.15, -0.1) is 10.2 Å². The molecule has 1 amide bonds. The molecule has 136 valence electrons. The second-order valence-electron chi connectivity index (χ2n) is 6.23. The molecular formula is C18H22N6O2. The number of amides is 1. The van der Waals surface area contributed by atoms with E-state index in [1.807, 2.05) is 0 Å². The molecule has 0 atom stereocenters. The number of nitrogens with zero attached hydrogens (tertiary/aromatic N) is 4. The lowest BCUT2D eigenvalue weighted by atomic mass is 10.1. The Labute approximate surface area is 151 Å². The smallest absolute Gasteiger partial charge is 0.414 e. The molecule has 26 heavy (non-hydrogen) atoms. The Hall–Kier alpha value is -3.16. The third-order valence-corrected chi connectivity index (χ3v) is 3.71. The van der Waals surface area contributed by atoms with Gasteiger partial charge in [-0.1, -0.05) is 29.8 Å². The SMILES string of the molecule is Cc1ccc(CCNc2nccn3c(NC(=O)OC(C)C)nnc23)cc1. The summed E-state index contributed by atoms with van der Waals surface area (Å²) < 4.78 is 6.72. The van der Waals surface area contributed by atoms with Crippen molar-refractivity contribution in [2.75, 3.05) is 17.2 Å². The summed E-state index contributed by atoms with van der Waals surface area (Å²) in [5.41, 5.74) is 3.03. The monoisotopic (exact) mass is 354 g/mol. The molecule has 0 unspecified atom stereocenters. The summed E-state index contributed by atoms with van der Waals surface area (Å²) in [5.74, 6) is 0.895. The Morgan fingerprint density at radius 1 is 1.23 bits per heavy atom. The minimum atomic E-state index is -0.569. The first-order valence-corrected chi connectivity index (χ1v) is 8.49. The minimum Gasteiger partial charge on any atom is -0.447 e. The van der Waals surface area contributed by atoms with E-state index in [1.165, 1.54) is 11.1 Å². The number of carbonyl (C=O) groups is 1. The molecule has 2 heterocycles. The van der Waals surface area contributed by atoms with Crippen LogP contribution in [-0.2, 0) is 11.2 Å². The highest BCUT2D eigenvalue weighted by molar-refractivity contribution is 5.83. The topological polar surface area (TPSA) is 93.4 Å². The van der Waals surface area contributed by atoms with Crippen LogP contribution in [0.25, 0.3) is 5.65 Å². The Morgan fingerprint density at radius 3 is 2.73 bits per heavy atom. The van der Waals surface area contributed by atoms with E-state index in [1.54, 1.807) is 30.6 Å². The predicted octanol–water partition coefficient (Wildman–Crippen LogP) is 3.04. The van der Waals surface area contributed by atoms with Crippen LogP contribution < -0.4 is 10.6 Å². The van der Waals surface area contributed by atoms with Crippen molar-refractivity contribution in [3.8, 4) is 0 Å². The molecular weight excluding hydrogens is 332 g/mol. The maximum atomic E-state index is 11.8. The maximum absolute atomic E-state index is 11.8. The third-order valence-electron chi connectivity index (χ3n) is 3.71. The van der Waals surface area contributed by atoms with Crippen LogP contribution in [0.1, 0.15) is 25.0 Å². The van der Waals surface area contributed by atoms with Gasteiger partial charge in [-0.2, -0.15) is 0 Å². The quantitative estimate of drug-likeness (QED) is 0.707. The summed E-state index contributed by atoms with van der Waals surface area (Å²) >= 11 is 0. The number of aromatic nitrogens is 4. The molecule has 1 aromatic carbocycles. The lowest BCUT2D eigenvalue weighted by molar-refractivity contribution is 0.129. The maximum Gasteiger partial charge on any atom is 0.414 e. The van der Waals surface area contributed by atoms with Gasteiger partial charge in [0.25, 0.3) is 0 Å². The molecule has 0 aliphatic heterocycles. The van der Waals surface area contributed by atoms with E-state index in [0.717, 1.165) is 6.42 Å². The van der Waals surface area contributed by atoms with Gasteiger partial charge < -0.3 is 10.1 Å². The number of fused-ring (bicyclic) bond motifs is 1.